The molecular weight excluding hydrogens is 337 g/mol. The van der Waals surface area contributed by atoms with Crippen LogP contribution in [0.5, 0.6) is 0 Å². The Hall–Kier alpha value is -2.51. The van der Waals surface area contributed by atoms with Gasteiger partial charge in [0.1, 0.15) is 0 Å². The Bertz CT molecular complexity index is 699. The van der Waals surface area contributed by atoms with Crippen molar-refractivity contribution < 1.29 is 27.5 Å². The molecule has 0 spiro atoms. The minimum atomic E-state index is -4.52. The molecule has 1 atom stereocenters. The number of esters is 1. The number of ether oxygens (including phenoxy) is 1. The molecule has 1 heterocycles. The second-order valence-corrected chi connectivity index (χ2v) is 5.52. The van der Waals surface area contributed by atoms with Crippen molar-refractivity contribution in [3.05, 3.63) is 46.7 Å². The molecule has 0 fully saturated rings. The van der Waals surface area contributed by atoms with Crippen LogP contribution in [0.25, 0.3) is 0 Å². The van der Waals surface area contributed by atoms with Gasteiger partial charge >= 0.3 is 18.2 Å². The zero-order valence-electron chi connectivity index (χ0n) is 13.9. The van der Waals surface area contributed by atoms with Gasteiger partial charge in [-0.15, -0.1) is 0 Å². The smallest absolute Gasteiger partial charge is 0.416 e. The van der Waals surface area contributed by atoms with E-state index in [-0.39, 0.29) is 17.7 Å². The molecule has 1 aromatic rings. The fourth-order valence-corrected chi connectivity index (χ4v) is 2.66. The van der Waals surface area contributed by atoms with Crippen LogP contribution in [0.1, 0.15) is 43.9 Å². The normalized spacial score (nSPS) is 17.8. The van der Waals surface area contributed by atoms with Gasteiger partial charge in [-0.05, 0) is 31.0 Å². The molecule has 2 N–H and O–H groups in total. The largest absolute Gasteiger partial charge is 0.463 e. The van der Waals surface area contributed by atoms with Crippen molar-refractivity contribution in [2.75, 3.05) is 6.61 Å². The third-order valence-corrected chi connectivity index (χ3v) is 3.70. The Morgan fingerprint density at radius 2 is 2.00 bits per heavy atom. The number of carbonyl (C=O) groups is 2. The van der Waals surface area contributed by atoms with E-state index in [1.807, 2.05) is 6.92 Å². The highest BCUT2D eigenvalue weighted by Gasteiger charge is 2.35. The van der Waals surface area contributed by atoms with E-state index in [1.54, 1.807) is 6.92 Å². The zero-order chi connectivity index (χ0) is 18.6. The zero-order valence-corrected chi connectivity index (χ0v) is 13.9. The molecule has 1 unspecified atom stereocenters. The second-order valence-electron chi connectivity index (χ2n) is 5.52. The van der Waals surface area contributed by atoms with Crippen molar-refractivity contribution in [2.45, 2.75) is 38.9 Å². The molecular formula is C17H19F3N2O3. The third kappa shape index (κ3) is 4.32. The van der Waals surface area contributed by atoms with Crippen LogP contribution in [0.4, 0.5) is 18.0 Å². The van der Waals surface area contributed by atoms with Crippen LogP contribution in [-0.4, -0.2) is 18.6 Å². The minimum absolute atomic E-state index is 0.116. The molecule has 8 heteroatoms. The van der Waals surface area contributed by atoms with Crippen molar-refractivity contribution in [3.8, 4) is 0 Å². The lowest BCUT2D eigenvalue weighted by atomic mass is 9.92. The van der Waals surface area contributed by atoms with E-state index in [0.29, 0.717) is 18.5 Å². The highest BCUT2D eigenvalue weighted by Crippen LogP contribution is 2.34. The van der Waals surface area contributed by atoms with Crippen molar-refractivity contribution in [1.82, 2.24) is 10.6 Å². The first-order valence-electron chi connectivity index (χ1n) is 7.92. The van der Waals surface area contributed by atoms with Crippen molar-refractivity contribution in [3.63, 3.8) is 0 Å². The van der Waals surface area contributed by atoms with Gasteiger partial charge in [0.05, 0.1) is 23.8 Å². The van der Waals surface area contributed by atoms with Gasteiger partial charge in [0.25, 0.3) is 0 Å². The number of alkyl halides is 3. The quantitative estimate of drug-likeness (QED) is 0.791. The molecule has 2 rings (SSSR count). The van der Waals surface area contributed by atoms with Crippen LogP contribution in [0.3, 0.4) is 0 Å². The van der Waals surface area contributed by atoms with E-state index in [2.05, 4.69) is 10.6 Å². The number of allylic oxidation sites excluding steroid dienone is 1. The topological polar surface area (TPSA) is 67.4 Å². The number of rotatable bonds is 5. The lowest BCUT2D eigenvalue weighted by molar-refractivity contribution is -0.139. The molecule has 1 aliphatic heterocycles. The molecule has 0 saturated heterocycles. The number of hydrogen-bond acceptors (Lipinski definition) is 3. The van der Waals surface area contributed by atoms with E-state index >= 15 is 0 Å². The van der Waals surface area contributed by atoms with E-state index in [9.17, 15) is 22.8 Å². The van der Waals surface area contributed by atoms with Gasteiger partial charge in [-0.2, -0.15) is 13.2 Å². The highest BCUT2D eigenvalue weighted by atomic mass is 19.4. The fraction of sp³-hybridized carbons (Fsp3) is 0.412. The van der Waals surface area contributed by atoms with Crippen LogP contribution in [0.15, 0.2) is 35.5 Å². The molecule has 0 aliphatic carbocycles. The number of urea groups is 1. The average molecular weight is 356 g/mol. The van der Waals surface area contributed by atoms with Crippen molar-refractivity contribution in [1.29, 1.82) is 0 Å². The number of amides is 2. The Morgan fingerprint density at radius 3 is 2.60 bits per heavy atom. The van der Waals surface area contributed by atoms with Crippen LogP contribution in [0.2, 0.25) is 0 Å². The molecule has 0 bridgehead atoms. The van der Waals surface area contributed by atoms with Crippen LogP contribution in [0, 0.1) is 0 Å². The molecule has 1 aliphatic rings. The second kappa shape index (κ2) is 7.58. The number of nitrogens with one attached hydrogen (secondary N) is 2. The first-order chi connectivity index (χ1) is 11.8. The Morgan fingerprint density at radius 1 is 1.28 bits per heavy atom. The summed E-state index contributed by atoms with van der Waals surface area (Å²) in [6.45, 7) is 3.61. The number of hydrogen-bond donors (Lipinski definition) is 2. The molecule has 1 aromatic carbocycles. The van der Waals surface area contributed by atoms with Gasteiger partial charge in [-0.25, -0.2) is 9.59 Å². The van der Waals surface area contributed by atoms with Gasteiger partial charge in [0.15, 0.2) is 0 Å². The predicted octanol–water partition coefficient (Wildman–Crippen LogP) is 3.68. The molecule has 136 valence electrons. The van der Waals surface area contributed by atoms with Crippen molar-refractivity contribution in [2.24, 2.45) is 0 Å². The summed E-state index contributed by atoms with van der Waals surface area (Å²) < 4.78 is 44.0. The third-order valence-electron chi connectivity index (χ3n) is 3.70. The minimum Gasteiger partial charge on any atom is -0.463 e. The van der Waals surface area contributed by atoms with Crippen molar-refractivity contribution >= 4 is 12.0 Å². The molecule has 5 nitrogen and oxygen atoms in total. The van der Waals surface area contributed by atoms with E-state index < -0.39 is 29.8 Å². The Labute approximate surface area is 143 Å². The first kappa shape index (κ1) is 18.8. The maximum Gasteiger partial charge on any atom is 0.416 e. The summed E-state index contributed by atoms with van der Waals surface area (Å²) in [5.74, 6) is -0.666. The lowest BCUT2D eigenvalue weighted by Gasteiger charge is -2.29. The van der Waals surface area contributed by atoms with Gasteiger partial charge in [-0.3, -0.25) is 0 Å². The van der Waals surface area contributed by atoms with Gasteiger partial charge in [0.2, 0.25) is 0 Å². The summed E-state index contributed by atoms with van der Waals surface area (Å²) in [4.78, 5) is 24.3. The van der Waals surface area contributed by atoms with E-state index in [4.69, 9.17) is 4.74 Å². The Kier molecular flexibility index (Phi) is 5.71. The molecule has 0 aromatic heterocycles. The molecule has 0 radical (unpaired) electrons. The van der Waals surface area contributed by atoms with Gasteiger partial charge < -0.3 is 15.4 Å². The number of benzene rings is 1. The monoisotopic (exact) mass is 356 g/mol. The number of carbonyl (C=O) groups excluding carboxylic acids is 2. The van der Waals surface area contributed by atoms with E-state index in [1.165, 1.54) is 12.1 Å². The summed E-state index contributed by atoms with van der Waals surface area (Å²) in [5, 5.41) is 5.07. The average Bonchev–Trinajstić information content (AvgIpc) is 2.54. The van der Waals surface area contributed by atoms with Crippen LogP contribution >= 0.6 is 0 Å². The maximum atomic E-state index is 13.0. The van der Waals surface area contributed by atoms with Gasteiger partial charge in [-0.1, -0.05) is 25.5 Å². The summed E-state index contributed by atoms with van der Waals surface area (Å²) in [5.41, 5.74) is -0.186. The van der Waals surface area contributed by atoms with Crippen LogP contribution in [-0.2, 0) is 15.7 Å². The molecule has 25 heavy (non-hydrogen) atoms. The maximum absolute atomic E-state index is 13.0. The molecule has 0 saturated carbocycles. The standard InChI is InChI=1S/C17H19F3N2O3/c1-3-6-12-13(15(23)25-4-2)14(22-16(24)21-12)10-7-5-8-11(9-10)17(18,19)20/h5,7-9,14H,3-4,6H2,1-2H3,(H2,21,22,24). The first-order valence-corrected chi connectivity index (χ1v) is 7.92. The predicted molar refractivity (Wildman–Crippen MR) is 84.4 cm³/mol. The summed E-state index contributed by atoms with van der Waals surface area (Å²) in [6.07, 6.45) is -3.47. The lowest BCUT2D eigenvalue weighted by Crippen LogP contribution is -2.46. The SMILES string of the molecule is CCCC1=C(C(=O)OCC)C(c2cccc(C(F)(F)F)c2)NC(=O)N1. The molecule has 2 amide bonds. The summed E-state index contributed by atoms with van der Waals surface area (Å²) in [7, 11) is 0. The Balaban J connectivity index is 2.54. The number of halogens is 3. The summed E-state index contributed by atoms with van der Waals surface area (Å²) in [6, 6.07) is 2.98. The van der Waals surface area contributed by atoms with E-state index in [0.717, 1.165) is 12.1 Å². The summed E-state index contributed by atoms with van der Waals surface area (Å²) >= 11 is 0. The fourth-order valence-electron chi connectivity index (χ4n) is 2.66. The van der Waals surface area contributed by atoms with Crippen LogP contribution < -0.4 is 10.6 Å². The highest BCUT2D eigenvalue weighted by molar-refractivity contribution is 5.95. The van der Waals surface area contributed by atoms with Gasteiger partial charge in [0, 0.05) is 5.70 Å².